The predicted octanol–water partition coefficient (Wildman–Crippen LogP) is 1.77. The number of thiazole rings is 1. The maximum Gasteiger partial charge on any atom is 0.291 e. The van der Waals surface area contributed by atoms with Gasteiger partial charge in [0.1, 0.15) is 5.82 Å². The van der Waals surface area contributed by atoms with E-state index >= 15 is 0 Å². The van der Waals surface area contributed by atoms with Crippen molar-refractivity contribution in [3.05, 3.63) is 55.0 Å². The van der Waals surface area contributed by atoms with E-state index in [1.807, 2.05) is 30.3 Å². The first-order valence-corrected chi connectivity index (χ1v) is 6.88. The molecule has 0 atom stereocenters. The summed E-state index contributed by atoms with van der Waals surface area (Å²) in [7, 11) is 0. The van der Waals surface area contributed by atoms with Crippen molar-refractivity contribution >= 4 is 38.3 Å². The number of aryl methyl sites for hydroxylation is 1. The quantitative estimate of drug-likeness (QED) is 0.686. The second-order valence-electron chi connectivity index (χ2n) is 3.82. The van der Waals surface area contributed by atoms with Crippen molar-refractivity contribution in [3.8, 4) is 0 Å². The largest absolute Gasteiger partial charge is 0.291 e. The van der Waals surface area contributed by atoms with Gasteiger partial charge < -0.3 is 0 Å². The summed E-state index contributed by atoms with van der Waals surface area (Å²) in [5, 5.41) is 4.07. The van der Waals surface area contributed by atoms with E-state index in [-0.39, 0.29) is 5.56 Å². The Morgan fingerprint density at radius 1 is 1.44 bits per heavy atom. The highest BCUT2D eigenvalue weighted by molar-refractivity contribution is 9.10. The zero-order chi connectivity index (χ0) is 12.7. The van der Waals surface area contributed by atoms with Gasteiger partial charge in [-0.3, -0.25) is 4.79 Å². The normalized spacial score (nSPS) is 12.4. The number of aromatic nitrogens is 3. The van der Waals surface area contributed by atoms with Crippen molar-refractivity contribution in [2.75, 3.05) is 0 Å². The first kappa shape index (κ1) is 11.6. The fraction of sp³-hybridized carbons (Fsp3) is 0.0833. The van der Waals surface area contributed by atoms with Crippen LogP contribution < -0.4 is 10.1 Å². The minimum Gasteiger partial charge on any atom is -0.266 e. The Morgan fingerprint density at radius 3 is 3.00 bits per heavy atom. The minimum absolute atomic E-state index is 0.115. The van der Waals surface area contributed by atoms with Crippen LogP contribution in [0, 0.1) is 6.92 Å². The molecular weight excluding hydrogens is 314 g/mol. The van der Waals surface area contributed by atoms with Gasteiger partial charge in [0.25, 0.3) is 5.56 Å². The number of hydrogen-bond acceptors (Lipinski definition) is 4. The number of halogens is 1. The molecule has 3 aromatic rings. The average Bonchev–Trinajstić information content (AvgIpc) is 2.79. The van der Waals surface area contributed by atoms with E-state index in [0.717, 1.165) is 10.0 Å². The molecule has 90 valence electrons. The topological polar surface area (TPSA) is 47.3 Å². The van der Waals surface area contributed by atoms with Gasteiger partial charge in [-0.25, -0.2) is 4.98 Å². The maximum absolute atomic E-state index is 12.1. The summed E-state index contributed by atoms with van der Waals surface area (Å²) < 4.78 is 2.98. The van der Waals surface area contributed by atoms with Crippen molar-refractivity contribution in [3.63, 3.8) is 0 Å². The van der Waals surface area contributed by atoms with E-state index in [9.17, 15) is 4.79 Å². The van der Waals surface area contributed by atoms with Gasteiger partial charge in [-0.1, -0.05) is 39.4 Å². The van der Waals surface area contributed by atoms with Gasteiger partial charge >= 0.3 is 0 Å². The van der Waals surface area contributed by atoms with Gasteiger partial charge in [0, 0.05) is 4.47 Å². The summed E-state index contributed by atoms with van der Waals surface area (Å²) in [6.07, 6.45) is 1.85. The van der Waals surface area contributed by atoms with Crippen LogP contribution in [0.3, 0.4) is 0 Å². The van der Waals surface area contributed by atoms with Crippen molar-refractivity contribution in [2.24, 2.45) is 0 Å². The third kappa shape index (κ3) is 1.97. The lowest BCUT2D eigenvalue weighted by Crippen LogP contribution is -2.23. The molecular formula is C12H8BrN3OS. The summed E-state index contributed by atoms with van der Waals surface area (Å²) in [6.45, 7) is 1.77. The maximum atomic E-state index is 12.1. The lowest BCUT2D eigenvalue weighted by Gasteiger charge is -1.92. The zero-order valence-electron chi connectivity index (χ0n) is 9.42. The summed E-state index contributed by atoms with van der Waals surface area (Å²) in [5.41, 5.74) is 0.860. The molecule has 0 radical (unpaired) electrons. The molecule has 0 spiro atoms. The molecule has 3 rings (SSSR count). The summed E-state index contributed by atoms with van der Waals surface area (Å²) in [5.74, 6) is 0.618. The SMILES string of the molecule is Cc1nc2s/c(=C\c3cccc(Br)c3)c(=O)n2n1. The minimum atomic E-state index is -0.115. The molecule has 0 aliphatic rings. The average molecular weight is 322 g/mol. The Morgan fingerprint density at radius 2 is 2.28 bits per heavy atom. The fourth-order valence-corrected chi connectivity index (χ4v) is 3.05. The van der Waals surface area contributed by atoms with Gasteiger partial charge in [-0.2, -0.15) is 4.52 Å². The van der Waals surface area contributed by atoms with Gasteiger partial charge in [-0.15, -0.1) is 5.10 Å². The van der Waals surface area contributed by atoms with Crippen LogP contribution in [0.25, 0.3) is 11.0 Å². The third-order valence-electron chi connectivity index (χ3n) is 2.43. The Labute approximate surface area is 115 Å². The molecule has 0 aliphatic carbocycles. The molecule has 0 bridgehead atoms. The van der Waals surface area contributed by atoms with Crippen LogP contribution in [0.15, 0.2) is 33.5 Å². The van der Waals surface area contributed by atoms with Crippen molar-refractivity contribution in [2.45, 2.75) is 6.92 Å². The molecule has 2 aromatic heterocycles. The van der Waals surface area contributed by atoms with Crippen LogP contribution in [0.1, 0.15) is 11.4 Å². The molecule has 4 nitrogen and oxygen atoms in total. The van der Waals surface area contributed by atoms with Crippen LogP contribution >= 0.6 is 27.3 Å². The van der Waals surface area contributed by atoms with Crippen LogP contribution in [0.4, 0.5) is 0 Å². The van der Waals surface area contributed by atoms with Crippen molar-refractivity contribution in [1.29, 1.82) is 0 Å². The molecule has 0 fully saturated rings. The zero-order valence-corrected chi connectivity index (χ0v) is 11.8. The van der Waals surface area contributed by atoms with E-state index in [4.69, 9.17) is 0 Å². The number of benzene rings is 1. The number of fused-ring (bicyclic) bond motifs is 1. The van der Waals surface area contributed by atoms with Gasteiger partial charge in [0.2, 0.25) is 4.96 Å². The van der Waals surface area contributed by atoms with Crippen LogP contribution in [-0.2, 0) is 0 Å². The molecule has 0 aliphatic heterocycles. The van der Waals surface area contributed by atoms with Crippen LogP contribution in [-0.4, -0.2) is 14.6 Å². The monoisotopic (exact) mass is 321 g/mol. The Bertz CT molecular complexity index is 837. The number of hydrogen-bond donors (Lipinski definition) is 0. The van der Waals surface area contributed by atoms with E-state index in [2.05, 4.69) is 26.0 Å². The van der Waals surface area contributed by atoms with Gasteiger partial charge in [-0.05, 0) is 30.7 Å². The summed E-state index contributed by atoms with van der Waals surface area (Å²) in [6, 6.07) is 7.79. The van der Waals surface area contributed by atoms with Crippen LogP contribution in [0.5, 0.6) is 0 Å². The molecule has 18 heavy (non-hydrogen) atoms. The van der Waals surface area contributed by atoms with Crippen molar-refractivity contribution < 1.29 is 0 Å². The van der Waals surface area contributed by atoms with Gasteiger partial charge in [0.05, 0.1) is 4.53 Å². The first-order valence-electron chi connectivity index (χ1n) is 5.27. The molecule has 1 aromatic carbocycles. The second kappa shape index (κ2) is 4.29. The second-order valence-corrected chi connectivity index (χ2v) is 5.75. The highest BCUT2D eigenvalue weighted by Crippen LogP contribution is 2.12. The van der Waals surface area contributed by atoms with Gasteiger partial charge in [0.15, 0.2) is 0 Å². The highest BCUT2D eigenvalue weighted by Gasteiger charge is 2.07. The van der Waals surface area contributed by atoms with E-state index in [0.29, 0.717) is 15.3 Å². The fourth-order valence-electron chi connectivity index (χ4n) is 1.68. The Kier molecular flexibility index (Phi) is 2.76. The lowest BCUT2D eigenvalue weighted by atomic mass is 10.2. The molecule has 0 N–H and O–H groups in total. The highest BCUT2D eigenvalue weighted by atomic mass is 79.9. The summed E-state index contributed by atoms with van der Waals surface area (Å²) in [4.78, 5) is 16.9. The van der Waals surface area contributed by atoms with E-state index in [1.54, 1.807) is 6.92 Å². The molecule has 0 saturated carbocycles. The molecule has 0 unspecified atom stereocenters. The lowest BCUT2D eigenvalue weighted by molar-refractivity contribution is 0.904. The molecule has 0 saturated heterocycles. The molecule has 6 heteroatoms. The van der Waals surface area contributed by atoms with E-state index in [1.165, 1.54) is 15.9 Å². The molecule has 2 heterocycles. The number of nitrogens with zero attached hydrogens (tertiary/aromatic N) is 3. The number of rotatable bonds is 1. The Hall–Kier alpha value is -1.53. The predicted molar refractivity (Wildman–Crippen MR) is 74.8 cm³/mol. The first-order chi connectivity index (χ1) is 8.63. The standard InChI is InChI=1S/C12H8BrN3OS/c1-7-14-12-16(15-7)11(17)10(18-12)6-8-3-2-4-9(13)5-8/h2-6H,1H3/b10-6-. The smallest absolute Gasteiger partial charge is 0.266 e. The van der Waals surface area contributed by atoms with Crippen LogP contribution in [0.2, 0.25) is 0 Å². The van der Waals surface area contributed by atoms with Crippen molar-refractivity contribution in [1.82, 2.24) is 14.6 Å². The molecule has 0 amide bonds. The summed E-state index contributed by atoms with van der Waals surface area (Å²) >= 11 is 4.76. The Balaban J connectivity index is 2.23. The van der Waals surface area contributed by atoms with E-state index < -0.39 is 0 Å². The third-order valence-corrected chi connectivity index (χ3v) is 3.89.